The molecule has 0 spiro atoms. The van der Waals surface area contributed by atoms with Crippen LogP contribution < -0.4 is 0 Å². The first-order valence-corrected chi connectivity index (χ1v) is 44.7. The molecule has 19 heteroatoms. The summed E-state index contributed by atoms with van der Waals surface area (Å²) in [7, 11) is -9.92. The van der Waals surface area contributed by atoms with Gasteiger partial charge in [0.15, 0.2) is 12.2 Å². The van der Waals surface area contributed by atoms with Gasteiger partial charge in [0.1, 0.15) is 19.3 Å². The second-order valence-electron chi connectivity index (χ2n) is 30.8. The fourth-order valence-corrected chi connectivity index (χ4v) is 14.0. The van der Waals surface area contributed by atoms with E-state index in [2.05, 4.69) is 55.4 Å². The predicted molar refractivity (Wildman–Crippen MR) is 409 cm³/mol. The van der Waals surface area contributed by atoms with Crippen LogP contribution in [0.1, 0.15) is 415 Å². The minimum atomic E-state index is -4.96. The molecule has 0 heterocycles. The van der Waals surface area contributed by atoms with E-state index >= 15 is 0 Å². The number of phosphoric ester groups is 2. The molecule has 0 saturated heterocycles. The van der Waals surface area contributed by atoms with Gasteiger partial charge in [-0.25, -0.2) is 9.13 Å². The standard InChI is InChI=1S/C81H158O17P2/c1-9-74(8)60-52-44-35-31-32-38-48-56-64-81(86)98-76(67-91-78(83)61-53-45-36-29-25-21-18-14-16-20-24-28-34-42-50-58-72(4)5)69-95-99(87,88)93-65-75(82)66-94-100(89,90)96-70-77(68-92-79(84)62-54-46-40-39-43-51-59-73(6)7)97-80(85)63-55-47-37-30-26-22-17-13-11-10-12-15-19-23-27-33-41-49-57-71(2)3/h71-77,82H,9-70H2,1-8H3,(H,87,88)(H,89,90)/t74?,75?,76-,77-/m1/s1. The number of aliphatic hydroxyl groups is 1. The summed E-state index contributed by atoms with van der Waals surface area (Å²) >= 11 is 0. The lowest BCUT2D eigenvalue weighted by atomic mass is 9.99. The van der Waals surface area contributed by atoms with Gasteiger partial charge in [0, 0.05) is 25.7 Å². The molecule has 100 heavy (non-hydrogen) atoms. The zero-order valence-corrected chi connectivity index (χ0v) is 67.6. The predicted octanol–water partition coefficient (Wildman–Crippen LogP) is 24.0. The van der Waals surface area contributed by atoms with Crippen molar-refractivity contribution >= 4 is 39.5 Å². The highest BCUT2D eigenvalue weighted by atomic mass is 31.2. The molecule has 0 aromatic rings. The van der Waals surface area contributed by atoms with Gasteiger partial charge in [0.2, 0.25) is 0 Å². The Morgan fingerprint density at radius 1 is 0.280 bits per heavy atom. The third kappa shape index (κ3) is 73.0. The maximum atomic E-state index is 13.1. The van der Waals surface area contributed by atoms with Crippen LogP contribution >= 0.6 is 15.6 Å². The van der Waals surface area contributed by atoms with Crippen molar-refractivity contribution in [3.05, 3.63) is 0 Å². The zero-order chi connectivity index (χ0) is 73.8. The molecule has 0 saturated carbocycles. The topological polar surface area (TPSA) is 237 Å². The van der Waals surface area contributed by atoms with Gasteiger partial charge in [0.05, 0.1) is 26.4 Å². The fourth-order valence-electron chi connectivity index (χ4n) is 12.4. The number of carbonyl (C=O) groups is 4. The molecular weight excluding hydrogens is 1310 g/mol. The number of unbranched alkanes of at least 4 members (excludes halogenated alkanes) is 43. The molecule has 0 bridgehead atoms. The Kier molecular flexibility index (Phi) is 68.7. The van der Waals surface area contributed by atoms with Crippen molar-refractivity contribution in [1.29, 1.82) is 0 Å². The number of esters is 4. The number of hydrogen-bond donors (Lipinski definition) is 3. The minimum absolute atomic E-state index is 0.105. The van der Waals surface area contributed by atoms with Crippen molar-refractivity contribution in [2.75, 3.05) is 39.6 Å². The maximum Gasteiger partial charge on any atom is 0.472 e. The van der Waals surface area contributed by atoms with E-state index in [0.29, 0.717) is 31.6 Å². The quantitative estimate of drug-likeness (QED) is 0.0222. The lowest BCUT2D eigenvalue weighted by molar-refractivity contribution is -0.161. The Morgan fingerprint density at radius 3 is 0.710 bits per heavy atom. The van der Waals surface area contributed by atoms with E-state index in [9.17, 15) is 43.2 Å². The lowest BCUT2D eigenvalue weighted by Crippen LogP contribution is -2.30. The Hall–Kier alpha value is -1.94. The molecule has 6 atom stereocenters. The summed E-state index contributed by atoms with van der Waals surface area (Å²) in [6, 6.07) is 0. The highest BCUT2D eigenvalue weighted by Crippen LogP contribution is 2.45. The van der Waals surface area contributed by atoms with E-state index in [1.807, 2.05) is 0 Å². The lowest BCUT2D eigenvalue weighted by Gasteiger charge is -2.21. The van der Waals surface area contributed by atoms with Gasteiger partial charge < -0.3 is 33.8 Å². The van der Waals surface area contributed by atoms with Crippen LogP contribution in [-0.4, -0.2) is 96.7 Å². The molecule has 0 amide bonds. The number of hydrogen-bond acceptors (Lipinski definition) is 15. The van der Waals surface area contributed by atoms with E-state index < -0.39 is 97.5 Å². The molecular formula is C81H158O17P2. The molecule has 4 unspecified atom stereocenters. The largest absolute Gasteiger partial charge is 0.472 e. The van der Waals surface area contributed by atoms with Gasteiger partial charge in [-0.3, -0.25) is 37.3 Å². The number of carbonyl (C=O) groups excluding carboxylic acids is 4. The van der Waals surface area contributed by atoms with Gasteiger partial charge in [0.25, 0.3) is 0 Å². The Labute approximate surface area is 613 Å². The molecule has 0 aliphatic carbocycles. The van der Waals surface area contributed by atoms with E-state index in [-0.39, 0.29) is 25.7 Å². The average Bonchev–Trinajstić information content (AvgIpc) is 0.915. The van der Waals surface area contributed by atoms with Crippen molar-refractivity contribution in [3.63, 3.8) is 0 Å². The number of ether oxygens (including phenoxy) is 4. The number of phosphoric acid groups is 2. The zero-order valence-electron chi connectivity index (χ0n) is 65.8. The molecule has 0 radical (unpaired) electrons. The summed E-state index contributed by atoms with van der Waals surface area (Å²) in [4.78, 5) is 72.9. The molecule has 0 rings (SSSR count). The van der Waals surface area contributed by atoms with Crippen molar-refractivity contribution < 1.29 is 80.2 Å². The molecule has 17 nitrogen and oxygen atoms in total. The minimum Gasteiger partial charge on any atom is -0.462 e. The van der Waals surface area contributed by atoms with Crippen LogP contribution in [0.25, 0.3) is 0 Å². The Morgan fingerprint density at radius 2 is 0.480 bits per heavy atom. The maximum absolute atomic E-state index is 13.1. The molecule has 0 aromatic carbocycles. The second kappa shape index (κ2) is 70.1. The molecule has 0 aromatic heterocycles. The SMILES string of the molecule is CCC(C)CCCCCCCCCCC(=O)O[C@H](COC(=O)CCCCCCCCCCCCCCCCCC(C)C)COP(=O)(O)OCC(O)COP(=O)(O)OC[C@@H](COC(=O)CCCCCCCCC(C)C)OC(=O)CCCCCCCCCCCCCCCCCCCCC(C)C. The van der Waals surface area contributed by atoms with E-state index in [1.54, 1.807) is 0 Å². The number of rotatable bonds is 78. The third-order valence-electron chi connectivity index (χ3n) is 19.2. The highest BCUT2D eigenvalue weighted by molar-refractivity contribution is 7.47. The molecule has 594 valence electrons. The molecule has 0 aliphatic rings. The first-order valence-electron chi connectivity index (χ1n) is 41.7. The van der Waals surface area contributed by atoms with E-state index in [1.165, 1.54) is 212 Å². The first-order chi connectivity index (χ1) is 48.1. The molecule has 0 fully saturated rings. The van der Waals surface area contributed by atoms with Gasteiger partial charge in [-0.2, -0.15) is 0 Å². The van der Waals surface area contributed by atoms with Crippen molar-refractivity contribution in [1.82, 2.24) is 0 Å². The Balaban J connectivity index is 5.16. The number of aliphatic hydroxyl groups excluding tert-OH is 1. The van der Waals surface area contributed by atoms with Crippen LogP contribution in [0, 0.1) is 23.7 Å². The van der Waals surface area contributed by atoms with Crippen LogP contribution in [0.3, 0.4) is 0 Å². The van der Waals surface area contributed by atoms with Gasteiger partial charge >= 0.3 is 39.5 Å². The fraction of sp³-hybridized carbons (Fsp3) is 0.951. The van der Waals surface area contributed by atoms with Gasteiger partial charge in [-0.15, -0.1) is 0 Å². The summed E-state index contributed by atoms with van der Waals surface area (Å²) in [6.45, 7) is 14.2. The Bertz CT molecular complexity index is 1960. The average molecular weight is 1470 g/mol. The van der Waals surface area contributed by atoms with Gasteiger partial charge in [-0.05, 0) is 49.4 Å². The smallest absolute Gasteiger partial charge is 0.462 e. The third-order valence-corrected chi connectivity index (χ3v) is 21.1. The first kappa shape index (κ1) is 98.1. The van der Waals surface area contributed by atoms with Crippen LogP contribution in [0.4, 0.5) is 0 Å². The van der Waals surface area contributed by atoms with Crippen molar-refractivity contribution in [2.24, 2.45) is 23.7 Å². The summed E-state index contributed by atoms with van der Waals surface area (Å²) in [6.07, 6.45) is 57.1. The normalized spacial score (nSPS) is 14.3. The van der Waals surface area contributed by atoms with Gasteiger partial charge in [-0.1, -0.05) is 364 Å². The highest BCUT2D eigenvalue weighted by Gasteiger charge is 2.30. The van der Waals surface area contributed by atoms with Crippen molar-refractivity contribution in [2.45, 2.75) is 433 Å². The van der Waals surface area contributed by atoms with Crippen LogP contribution in [0.2, 0.25) is 0 Å². The monoisotopic (exact) mass is 1470 g/mol. The molecule has 3 N–H and O–H groups in total. The van der Waals surface area contributed by atoms with Crippen LogP contribution in [-0.2, 0) is 65.4 Å². The van der Waals surface area contributed by atoms with E-state index in [0.717, 1.165) is 114 Å². The summed E-state index contributed by atoms with van der Waals surface area (Å²) < 4.78 is 68.6. The summed E-state index contributed by atoms with van der Waals surface area (Å²) in [5.74, 6) is 0.957. The van der Waals surface area contributed by atoms with Crippen molar-refractivity contribution in [3.8, 4) is 0 Å². The molecule has 0 aliphatic heterocycles. The van der Waals surface area contributed by atoms with Crippen LogP contribution in [0.5, 0.6) is 0 Å². The van der Waals surface area contributed by atoms with Crippen LogP contribution in [0.15, 0.2) is 0 Å². The second-order valence-corrected chi connectivity index (χ2v) is 33.7. The summed E-state index contributed by atoms with van der Waals surface area (Å²) in [5.41, 5.74) is 0. The summed E-state index contributed by atoms with van der Waals surface area (Å²) in [5, 5.41) is 10.6. The van der Waals surface area contributed by atoms with E-state index in [4.69, 9.17) is 37.0 Å².